The summed E-state index contributed by atoms with van der Waals surface area (Å²) in [5, 5.41) is 9.06. The van der Waals surface area contributed by atoms with Crippen LogP contribution in [-0.4, -0.2) is 52.7 Å². The van der Waals surface area contributed by atoms with E-state index in [0.717, 1.165) is 31.6 Å². The number of urea groups is 1. The van der Waals surface area contributed by atoms with Gasteiger partial charge in [-0.2, -0.15) is 10.2 Å². The molecule has 1 aliphatic heterocycles. The fourth-order valence-electron chi connectivity index (χ4n) is 5.75. The summed E-state index contributed by atoms with van der Waals surface area (Å²) in [6, 6.07) is 8.84. The van der Waals surface area contributed by atoms with Crippen LogP contribution in [0.5, 0.6) is 0 Å². The first-order valence-corrected chi connectivity index (χ1v) is 9.98. The van der Waals surface area contributed by atoms with Crippen LogP contribution in [0.15, 0.2) is 30.3 Å². The van der Waals surface area contributed by atoms with Crippen LogP contribution in [0.2, 0.25) is 0 Å². The maximum Gasteiger partial charge on any atom is 0.319 e. The molecule has 0 spiro atoms. The van der Waals surface area contributed by atoms with Gasteiger partial charge in [0, 0.05) is 37.7 Å². The molecule has 0 N–H and O–H groups in total. The molecular formula is C22H25FN4O. The van der Waals surface area contributed by atoms with Crippen LogP contribution in [0.25, 0.3) is 11.3 Å². The second kappa shape index (κ2) is 5.75. The number of amides is 2. The Labute approximate surface area is 164 Å². The van der Waals surface area contributed by atoms with Gasteiger partial charge >= 0.3 is 6.03 Å². The third-order valence-corrected chi connectivity index (χ3v) is 7.53. The molecule has 0 radical (unpaired) electrons. The maximum absolute atomic E-state index is 14.3. The first-order valence-electron chi connectivity index (χ1n) is 9.98. The zero-order valence-corrected chi connectivity index (χ0v) is 16.6. The molecule has 1 saturated heterocycles. The van der Waals surface area contributed by atoms with Crippen molar-refractivity contribution in [1.82, 2.24) is 20.0 Å². The Bertz CT molecular complexity index is 975. The first-order chi connectivity index (χ1) is 13.3. The van der Waals surface area contributed by atoms with Gasteiger partial charge in [-0.25, -0.2) is 9.18 Å². The highest BCUT2D eigenvalue weighted by Crippen LogP contribution is 2.67. The Hall–Kier alpha value is -2.50. The molecule has 2 fully saturated rings. The van der Waals surface area contributed by atoms with Gasteiger partial charge in [0.1, 0.15) is 5.82 Å². The van der Waals surface area contributed by atoms with Crippen molar-refractivity contribution in [3.05, 3.63) is 47.4 Å². The second-order valence-corrected chi connectivity index (χ2v) is 9.03. The molecule has 2 bridgehead atoms. The van der Waals surface area contributed by atoms with Gasteiger partial charge in [-0.05, 0) is 47.9 Å². The number of nitrogens with zero attached hydrogens (tertiary/aromatic N) is 4. The highest BCUT2D eigenvalue weighted by Gasteiger charge is 2.64. The van der Waals surface area contributed by atoms with E-state index in [1.54, 1.807) is 17.0 Å². The normalized spacial score (nSPS) is 27.6. The van der Waals surface area contributed by atoms with Crippen molar-refractivity contribution in [2.45, 2.75) is 38.0 Å². The summed E-state index contributed by atoms with van der Waals surface area (Å²) in [7, 11) is 1.85. The Kier molecular flexibility index (Phi) is 3.61. The molecule has 1 saturated carbocycles. The third kappa shape index (κ3) is 2.14. The Morgan fingerprint density at radius 3 is 2.71 bits per heavy atom. The van der Waals surface area contributed by atoms with E-state index in [2.05, 4.69) is 24.0 Å². The van der Waals surface area contributed by atoms with Crippen LogP contribution in [0.4, 0.5) is 9.18 Å². The molecule has 3 aliphatic rings. The van der Waals surface area contributed by atoms with Crippen molar-refractivity contribution in [3.8, 4) is 11.3 Å². The largest absolute Gasteiger partial charge is 0.326 e. The summed E-state index contributed by atoms with van der Waals surface area (Å²) in [6.07, 6.45) is 2.08. The molecule has 2 aliphatic carbocycles. The molecule has 2 aromatic rings. The van der Waals surface area contributed by atoms with E-state index in [1.165, 1.54) is 11.6 Å². The minimum absolute atomic E-state index is 0.0146. The molecule has 5 nitrogen and oxygen atoms in total. The van der Waals surface area contributed by atoms with Gasteiger partial charge in [0.05, 0.1) is 11.4 Å². The predicted octanol–water partition coefficient (Wildman–Crippen LogP) is 3.81. The lowest BCUT2D eigenvalue weighted by Crippen LogP contribution is -2.47. The number of fused-ring (bicyclic) bond motifs is 5. The highest BCUT2D eigenvalue weighted by molar-refractivity contribution is 5.76. The molecule has 1 aromatic carbocycles. The van der Waals surface area contributed by atoms with Crippen LogP contribution in [0, 0.1) is 11.2 Å². The topological polar surface area (TPSA) is 49.3 Å². The fraction of sp³-hybridized carbons (Fsp3) is 0.500. The van der Waals surface area contributed by atoms with Crippen LogP contribution in [0.3, 0.4) is 0 Å². The van der Waals surface area contributed by atoms with E-state index in [1.807, 2.05) is 24.1 Å². The monoisotopic (exact) mass is 380 g/mol. The lowest BCUT2D eigenvalue weighted by molar-refractivity contribution is 0.142. The van der Waals surface area contributed by atoms with E-state index in [0.29, 0.717) is 23.7 Å². The zero-order valence-electron chi connectivity index (χ0n) is 16.6. The summed E-state index contributed by atoms with van der Waals surface area (Å²) in [6.45, 7) is 6.79. The van der Waals surface area contributed by atoms with Gasteiger partial charge < -0.3 is 9.80 Å². The molecule has 2 heterocycles. The number of rotatable bonds is 3. The number of hydrogen-bond donors (Lipinski definition) is 0. The SMILES string of the molecule is CN1CCN(CC23CCC(c4cc(-c5ccccc5F)nnc42)C3(C)C)C1=O. The van der Waals surface area contributed by atoms with Crippen molar-refractivity contribution in [1.29, 1.82) is 0 Å². The number of likely N-dealkylation sites (N-methyl/N-ethyl adjacent to an activating group) is 1. The van der Waals surface area contributed by atoms with Gasteiger partial charge in [0.15, 0.2) is 0 Å². The molecule has 6 heteroatoms. The van der Waals surface area contributed by atoms with Gasteiger partial charge in [-0.3, -0.25) is 0 Å². The van der Waals surface area contributed by atoms with Crippen molar-refractivity contribution in [2.75, 3.05) is 26.7 Å². The van der Waals surface area contributed by atoms with Crippen LogP contribution in [0.1, 0.15) is 43.9 Å². The van der Waals surface area contributed by atoms with Gasteiger partial charge in [-0.1, -0.05) is 26.0 Å². The van der Waals surface area contributed by atoms with Crippen molar-refractivity contribution >= 4 is 6.03 Å². The molecular weight excluding hydrogens is 355 g/mol. The standard InChI is InChI=1S/C22H25FN4O/c1-21(2)16-8-9-22(21,13-27-11-10-26(3)20(27)28)19-15(16)12-18(24-25-19)14-6-4-5-7-17(14)23/h4-7,12,16H,8-11,13H2,1-3H3. The third-order valence-electron chi connectivity index (χ3n) is 7.53. The number of aromatic nitrogens is 2. The summed E-state index contributed by atoms with van der Waals surface area (Å²) >= 11 is 0. The average Bonchev–Trinajstić information content (AvgIpc) is 3.19. The number of hydrogen-bond acceptors (Lipinski definition) is 3. The number of halogens is 1. The minimum atomic E-state index is -0.278. The van der Waals surface area contributed by atoms with Crippen molar-refractivity contribution in [3.63, 3.8) is 0 Å². The van der Waals surface area contributed by atoms with Crippen LogP contribution >= 0.6 is 0 Å². The lowest BCUT2D eigenvalue weighted by atomic mass is 9.68. The number of carbonyl (C=O) groups excluding carboxylic acids is 1. The molecule has 5 rings (SSSR count). The fourth-order valence-corrected chi connectivity index (χ4v) is 5.75. The molecule has 146 valence electrons. The Morgan fingerprint density at radius 2 is 2.00 bits per heavy atom. The van der Waals surface area contributed by atoms with E-state index in [4.69, 9.17) is 0 Å². The summed E-state index contributed by atoms with van der Waals surface area (Å²) < 4.78 is 14.3. The number of carbonyl (C=O) groups is 1. The Morgan fingerprint density at radius 1 is 1.21 bits per heavy atom. The summed E-state index contributed by atoms with van der Waals surface area (Å²) in [5.74, 6) is 0.0820. The van der Waals surface area contributed by atoms with Gasteiger partial charge in [-0.15, -0.1) is 0 Å². The number of benzene rings is 1. The second-order valence-electron chi connectivity index (χ2n) is 9.03. The first kappa shape index (κ1) is 17.6. The quantitative estimate of drug-likeness (QED) is 0.814. The molecule has 2 unspecified atom stereocenters. The molecule has 28 heavy (non-hydrogen) atoms. The summed E-state index contributed by atoms with van der Waals surface area (Å²) in [5.41, 5.74) is 3.07. The maximum atomic E-state index is 14.3. The van der Waals surface area contributed by atoms with Gasteiger partial charge in [0.25, 0.3) is 0 Å². The van der Waals surface area contributed by atoms with Gasteiger partial charge in [0.2, 0.25) is 0 Å². The molecule has 2 amide bonds. The highest BCUT2D eigenvalue weighted by atomic mass is 19.1. The zero-order chi connectivity index (χ0) is 19.7. The van der Waals surface area contributed by atoms with E-state index in [-0.39, 0.29) is 22.7 Å². The van der Waals surface area contributed by atoms with Crippen molar-refractivity contribution in [2.24, 2.45) is 5.41 Å². The lowest BCUT2D eigenvalue weighted by Gasteiger charge is -2.40. The van der Waals surface area contributed by atoms with E-state index in [9.17, 15) is 9.18 Å². The smallest absolute Gasteiger partial charge is 0.319 e. The minimum Gasteiger partial charge on any atom is -0.326 e. The van der Waals surface area contributed by atoms with E-state index >= 15 is 0 Å². The van der Waals surface area contributed by atoms with Crippen molar-refractivity contribution < 1.29 is 9.18 Å². The van der Waals surface area contributed by atoms with Crippen LogP contribution in [-0.2, 0) is 5.41 Å². The van der Waals surface area contributed by atoms with E-state index < -0.39 is 0 Å². The molecule has 2 atom stereocenters. The Balaban J connectivity index is 1.58. The molecule has 1 aromatic heterocycles. The predicted molar refractivity (Wildman–Crippen MR) is 104 cm³/mol. The summed E-state index contributed by atoms with van der Waals surface area (Å²) in [4.78, 5) is 16.3. The van der Waals surface area contributed by atoms with Crippen LogP contribution < -0.4 is 0 Å². The average molecular weight is 380 g/mol.